The van der Waals surface area contributed by atoms with E-state index in [1.807, 2.05) is 6.92 Å². The molecule has 1 aliphatic heterocycles. The molecule has 8 nitrogen and oxygen atoms in total. The predicted molar refractivity (Wildman–Crippen MR) is 135 cm³/mol. The lowest BCUT2D eigenvalue weighted by molar-refractivity contribution is -0.148. The van der Waals surface area contributed by atoms with Gasteiger partial charge in [-0.1, -0.05) is 53.6 Å². The lowest BCUT2D eigenvalue weighted by Gasteiger charge is -2.34. The fourth-order valence-electron chi connectivity index (χ4n) is 3.84. The van der Waals surface area contributed by atoms with Gasteiger partial charge in [-0.3, -0.25) is 4.79 Å². The second-order valence-electron chi connectivity index (χ2n) is 8.31. The number of rotatable bonds is 7. The maximum absolute atomic E-state index is 13.6. The summed E-state index contributed by atoms with van der Waals surface area (Å²) in [4.78, 5) is 27.2. The van der Waals surface area contributed by atoms with Crippen LogP contribution in [0.15, 0.2) is 77.7 Å². The van der Waals surface area contributed by atoms with Crippen LogP contribution >= 0.6 is 11.6 Å². The maximum Gasteiger partial charge on any atom is 0.348 e. The summed E-state index contributed by atoms with van der Waals surface area (Å²) in [6, 6.07) is 19.9. The highest BCUT2D eigenvalue weighted by Gasteiger charge is 2.36. The average molecular weight is 529 g/mol. The van der Waals surface area contributed by atoms with E-state index in [0.717, 1.165) is 9.87 Å². The third-order valence-corrected chi connectivity index (χ3v) is 7.84. The summed E-state index contributed by atoms with van der Waals surface area (Å²) in [5.41, 5.74) is 2.02. The topological polar surface area (TPSA) is 93.2 Å². The number of nitrogens with zero attached hydrogens (tertiary/aromatic N) is 2. The number of amides is 1. The van der Waals surface area contributed by atoms with E-state index in [0.29, 0.717) is 22.0 Å². The van der Waals surface area contributed by atoms with Gasteiger partial charge < -0.3 is 14.4 Å². The summed E-state index contributed by atoms with van der Waals surface area (Å²) < 4.78 is 38.9. The minimum absolute atomic E-state index is 0.0501. The Hall–Kier alpha value is -3.40. The number of para-hydroxylation sites is 2. The number of esters is 1. The van der Waals surface area contributed by atoms with Crippen molar-refractivity contribution in [3.63, 3.8) is 0 Å². The second kappa shape index (κ2) is 10.7. The third kappa shape index (κ3) is 5.53. The zero-order valence-corrected chi connectivity index (χ0v) is 21.3. The SMILES string of the molecule is COC(=O)C1CN(C(=O)CN(Cc2ccc(Cl)cc2)S(=O)(=O)c2ccc(C)cc2)c2ccccc2O1. The lowest BCUT2D eigenvalue weighted by atomic mass is 10.2. The molecule has 3 aromatic carbocycles. The molecule has 0 aliphatic carbocycles. The fourth-order valence-corrected chi connectivity index (χ4v) is 5.34. The third-order valence-electron chi connectivity index (χ3n) is 5.78. The first-order valence-electron chi connectivity index (χ1n) is 11.1. The van der Waals surface area contributed by atoms with Gasteiger partial charge in [-0.25, -0.2) is 13.2 Å². The highest BCUT2D eigenvalue weighted by molar-refractivity contribution is 7.89. The molecule has 1 aliphatic rings. The van der Waals surface area contributed by atoms with Crippen molar-refractivity contribution in [1.29, 1.82) is 0 Å². The number of hydrogen-bond acceptors (Lipinski definition) is 6. The maximum atomic E-state index is 13.6. The number of anilines is 1. The molecule has 1 amide bonds. The Bertz CT molecular complexity index is 1360. The quantitative estimate of drug-likeness (QED) is 0.433. The number of methoxy groups -OCH3 is 1. The molecule has 36 heavy (non-hydrogen) atoms. The van der Waals surface area contributed by atoms with Gasteiger partial charge >= 0.3 is 5.97 Å². The molecule has 4 rings (SSSR count). The summed E-state index contributed by atoms with van der Waals surface area (Å²) in [5.74, 6) is -0.810. The number of aryl methyl sites for hydroxylation is 1. The van der Waals surface area contributed by atoms with E-state index >= 15 is 0 Å². The number of ether oxygens (including phenoxy) is 2. The van der Waals surface area contributed by atoms with Crippen LogP contribution in [0.5, 0.6) is 5.75 Å². The van der Waals surface area contributed by atoms with Gasteiger partial charge in [-0.15, -0.1) is 0 Å². The van der Waals surface area contributed by atoms with Gasteiger partial charge in [0.1, 0.15) is 5.75 Å². The van der Waals surface area contributed by atoms with E-state index in [-0.39, 0.29) is 18.0 Å². The van der Waals surface area contributed by atoms with Gasteiger partial charge in [-0.2, -0.15) is 4.31 Å². The smallest absolute Gasteiger partial charge is 0.348 e. The van der Waals surface area contributed by atoms with Crippen molar-refractivity contribution in [3.8, 4) is 5.75 Å². The number of fused-ring (bicyclic) bond motifs is 1. The van der Waals surface area contributed by atoms with E-state index in [4.69, 9.17) is 21.1 Å². The van der Waals surface area contributed by atoms with Crippen LogP contribution in [0.3, 0.4) is 0 Å². The minimum Gasteiger partial charge on any atom is -0.475 e. The van der Waals surface area contributed by atoms with Gasteiger partial charge in [-0.05, 0) is 48.9 Å². The molecule has 1 unspecified atom stereocenters. The van der Waals surface area contributed by atoms with Crippen molar-refractivity contribution in [3.05, 3.63) is 88.9 Å². The molecular weight excluding hydrogens is 504 g/mol. The van der Waals surface area contributed by atoms with Crippen molar-refractivity contribution in [1.82, 2.24) is 4.31 Å². The van der Waals surface area contributed by atoms with Crippen LogP contribution in [0.25, 0.3) is 0 Å². The van der Waals surface area contributed by atoms with Crippen molar-refractivity contribution in [2.45, 2.75) is 24.5 Å². The Morgan fingerprint density at radius 1 is 1.06 bits per heavy atom. The van der Waals surface area contributed by atoms with Gasteiger partial charge in [0, 0.05) is 11.6 Å². The molecule has 0 saturated heterocycles. The number of sulfonamides is 1. The van der Waals surface area contributed by atoms with E-state index in [9.17, 15) is 18.0 Å². The normalized spacial score (nSPS) is 15.2. The largest absolute Gasteiger partial charge is 0.475 e. The molecule has 10 heteroatoms. The van der Waals surface area contributed by atoms with Crippen LogP contribution < -0.4 is 9.64 Å². The lowest BCUT2D eigenvalue weighted by Crippen LogP contribution is -2.50. The predicted octanol–water partition coefficient (Wildman–Crippen LogP) is 3.81. The van der Waals surface area contributed by atoms with Crippen molar-refractivity contribution < 1.29 is 27.5 Å². The summed E-state index contributed by atoms with van der Waals surface area (Å²) >= 11 is 5.99. The van der Waals surface area contributed by atoms with Crippen LogP contribution in [0.4, 0.5) is 5.69 Å². The molecule has 1 atom stereocenters. The van der Waals surface area contributed by atoms with Gasteiger partial charge in [0.15, 0.2) is 0 Å². The first-order valence-corrected chi connectivity index (χ1v) is 13.0. The van der Waals surface area contributed by atoms with Gasteiger partial charge in [0.05, 0.1) is 30.8 Å². The molecule has 1 heterocycles. The first-order chi connectivity index (χ1) is 17.2. The Morgan fingerprint density at radius 3 is 2.39 bits per heavy atom. The van der Waals surface area contributed by atoms with Crippen LogP contribution in [-0.2, 0) is 30.9 Å². The first kappa shape index (κ1) is 25.7. The molecule has 188 valence electrons. The number of carbonyl (C=O) groups excluding carboxylic acids is 2. The molecule has 0 bridgehead atoms. The van der Waals surface area contributed by atoms with Crippen LogP contribution in [0.1, 0.15) is 11.1 Å². The van der Waals surface area contributed by atoms with Crippen LogP contribution in [0, 0.1) is 6.92 Å². The van der Waals surface area contributed by atoms with Gasteiger partial charge in [0.2, 0.25) is 22.0 Å². The summed E-state index contributed by atoms with van der Waals surface area (Å²) in [6.07, 6.45) is -1.03. The second-order valence-corrected chi connectivity index (χ2v) is 10.7. The number of halogens is 1. The van der Waals surface area contributed by atoms with Crippen LogP contribution in [0.2, 0.25) is 5.02 Å². The Kier molecular flexibility index (Phi) is 7.63. The molecule has 0 aromatic heterocycles. The Balaban J connectivity index is 1.68. The molecule has 0 saturated carbocycles. The van der Waals surface area contributed by atoms with E-state index in [1.54, 1.807) is 60.7 Å². The summed E-state index contributed by atoms with van der Waals surface area (Å²) in [6.45, 7) is 1.24. The Labute approximate surface area is 215 Å². The zero-order chi connectivity index (χ0) is 25.9. The summed E-state index contributed by atoms with van der Waals surface area (Å²) in [5, 5.41) is 0.515. The number of carbonyl (C=O) groups is 2. The fraction of sp³-hybridized carbons (Fsp3) is 0.231. The molecule has 0 N–H and O–H groups in total. The number of hydrogen-bond donors (Lipinski definition) is 0. The molecule has 0 fully saturated rings. The Morgan fingerprint density at radius 2 is 1.72 bits per heavy atom. The van der Waals surface area contributed by atoms with Gasteiger partial charge in [0.25, 0.3) is 0 Å². The van der Waals surface area contributed by atoms with E-state index in [2.05, 4.69) is 0 Å². The number of benzene rings is 3. The molecule has 3 aromatic rings. The van der Waals surface area contributed by atoms with Crippen molar-refractivity contribution in [2.75, 3.05) is 25.1 Å². The standard InChI is InChI=1S/C26H25ClN2O6S/c1-18-7-13-21(14-8-18)36(32,33)28(15-19-9-11-20(27)12-10-19)17-25(30)29-16-24(26(31)34-2)35-23-6-4-3-5-22(23)29/h3-14,24H,15-17H2,1-2H3. The molecular formula is C26H25ClN2O6S. The highest BCUT2D eigenvalue weighted by atomic mass is 35.5. The summed E-state index contributed by atoms with van der Waals surface area (Å²) in [7, 11) is -2.81. The van der Waals surface area contributed by atoms with Crippen LogP contribution in [-0.4, -0.2) is 50.9 Å². The molecule has 0 radical (unpaired) electrons. The molecule has 0 spiro atoms. The highest BCUT2D eigenvalue weighted by Crippen LogP contribution is 2.34. The monoisotopic (exact) mass is 528 g/mol. The average Bonchev–Trinajstić information content (AvgIpc) is 2.88. The van der Waals surface area contributed by atoms with Crippen molar-refractivity contribution in [2.24, 2.45) is 0 Å². The van der Waals surface area contributed by atoms with Crippen molar-refractivity contribution >= 4 is 39.2 Å². The zero-order valence-electron chi connectivity index (χ0n) is 19.8. The minimum atomic E-state index is -4.04. The van der Waals surface area contributed by atoms with E-state index in [1.165, 1.54) is 24.1 Å². The van der Waals surface area contributed by atoms with E-state index < -0.39 is 34.5 Å².